The van der Waals surface area contributed by atoms with Crippen LogP contribution in [0.3, 0.4) is 0 Å². The lowest BCUT2D eigenvalue weighted by Gasteiger charge is -2.33. The van der Waals surface area contributed by atoms with E-state index in [1.54, 1.807) is 19.3 Å². The molecule has 0 saturated carbocycles. The molecule has 6 nitrogen and oxygen atoms in total. The topological polar surface area (TPSA) is 70.1 Å². The van der Waals surface area contributed by atoms with E-state index >= 15 is 0 Å². The van der Waals surface area contributed by atoms with Crippen LogP contribution >= 0.6 is 0 Å². The average Bonchev–Trinajstić information content (AvgIpc) is 2.79. The molecule has 2 N–H and O–H groups in total. The van der Waals surface area contributed by atoms with Crippen molar-refractivity contribution in [3.63, 3.8) is 0 Å². The molecule has 0 unspecified atom stereocenters. The summed E-state index contributed by atoms with van der Waals surface area (Å²) in [6, 6.07) is 9.02. The number of fused-ring (bicyclic) bond motifs is 1. The number of alkyl halides is 3. The van der Waals surface area contributed by atoms with Gasteiger partial charge in [-0.2, -0.15) is 13.2 Å². The molecule has 0 atom stereocenters. The van der Waals surface area contributed by atoms with Crippen molar-refractivity contribution in [2.75, 3.05) is 35.7 Å². The van der Waals surface area contributed by atoms with Crippen LogP contribution < -0.4 is 15.5 Å². The van der Waals surface area contributed by atoms with Crippen molar-refractivity contribution >= 4 is 33.9 Å². The number of piperidine rings is 1. The van der Waals surface area contributed by atoms with E-state index in [0.717, 1.165) is 28.7 Å². The van der Waals surface area contributed by atoms with Gasteiger partial charge in [0.15, 0.2) is 0 Å². The summed E-state index contributed by atoms with van der Waals surface area (Å²) < 4.78 is 39.0. The van der Waals surface area contributed by atoms with E-state index in [2.05, 4.69) is 20.6 Å². The summed E-state index contributed by atoms with van der Waals surface area (Å²) in [6.07, 6.45) is -0.149. The minimum Gasteiger partial charge on any atom is -0.386 e. The highest BCUT2D eigenvalue weighted by atomic mass is 19.4. The minimum atomic E-state index is -4.37. The normalized spacial score (nSPS) is 15.2. The van der Waals surface area contributed by atoms with Gasteiger partial charge in [0.05, 0.1) is 22.5 Å². The third-order valence-corrected chi connectivity index (χ3v) is 5.61. The first-order chi connectivity index (χ1) is 14.9. The van der Waals surface area contributed by atoms with E-state index in [1.165, 1.54) is 12.4 Å². The van der Waals surface area contributed by atoms with Gasteiger partial charge < -0.3 is 15.5 Å². The minimum absolute atomic E-state index is 0.114. The van der Waals surface area contributed by atoms with Crippen LogP contribution in [0.15, 0.2) is 48.9 Å². The van der Waals surface area contributed by atoms with Gasteiger partial charge in [-0.15, -0.1) is 0 Å². The number of halogens is 3. The van der Waals surface area contributed by atoms with Crippen molar-refractivity contribution in [3.05, 3.63) is 54.5 Å². The Labute approximate surface area is 177 Å². The number of rotatable bonds is 4. The van der Waals surface area contributed by atoms with E-state index < -0.39 is 11.7 Å². The Kier molecular flexibility index (Phi) is 5.67. The van der Waals surface area contributed by atoms with Crippen LogP contribution in [0.5, 0.6) is 0 Å². The summed E-state index contributed by atoms with van der Waals surface area (Å²) in [5.74, 6) is -0.344. The van der Waals surface area contributed by atoms with E-state index in [0.29, 0.717) is 37.3 Å². The Morgan fingerprint density at radius 1 is 1.16 bits per heavy atom. The van der Waals surface area contributed by atoms with E-state index in [9.17, 15) is 18.0 Å². The molecule has 1 fully saturated rings. The van der Waals surface area contributed by atoms with Gasteiger partial charge >= 0.3 is 6.18 Å². The summed E-state index contributed by atoms with van der Waals surface area (Å²) in [6.45, 7) is 1.02. The van der Waals surface area contributed by atoms with Gasteiger partial charge in [-0.05, 0) is 43.2 Å². The maximum absolute atomic E-state index is 13.0. The van der Waals surface area contributed by atoms with Crippen molar-refractivity contribution < 1.29 is 18.0 Å². The second kappa shape index (κ2) is 8.41. The van der Waals surface area contributed by atoms with Crippen molar-refractivity contribution in [3.8, 4) is 0 Å². The van der Waals surface area contributed by atoms with Gasteiger partial charge in [0.1, 0.15) is 6.33 Å². The third-order valence-electron chi connectivity index (χ3n) is 5.61. The molecule has 1 saturated heterocycles. The van der Waals surface area contributed by atoms with Gasteiger partial charge in [0.2, 0.25) is 5.91 Å². The van der Waals surface area contributed by atoms with Crippen molar-refractivity contribution in [1.29, 1.82) is 0 Å². The number of amides is 1. The summed E-state index contributed by atoms with van der Waals surface area (Å²) >= 11 is 0. The Morgan fingerprint density at radius 3 is 2.65 bits per heavy atom. The van der Waals surface area contributed by atoms with Crippen LogP contribution in [0.1, 0.15) is 18.4 Å². The van der Waals surface area contributed by atoms with Crippen LogP contribution in [0.25, 0.3) is 10.9 Å². The molecule has 0 bridgehead atoms. The lowest BCUT2D eigenvalue weighted by Crippen LogP contribution is -2.38. The molecule has 2 aromatic carbocycles. The van der Waals surface area contributed by atoms with Crippen LogP contribution in [-0.4, -0.2) is 36.0 Å². The molecule has 3 aromatic rings. The van der Waals surface area contributed by atoms with Crippen LogP contribution in [-0.2, 0) is 11.0 Å². The monoisotopic (exact) mass is 429 g/mol. The number of carbonyl (C=O) groups excluding carboxylic acids is 1. The zero-order chi connectivity index (χ0) is 22.0. The number of hydrogen-bond acceptors (Lipinski definition) is 5. The Balaban J connectivity index is 1.46. The number of benzene rings is 2. The quantitative estimate of drug-likeness (QED) is 0.637. The standard InChI is InChI=1S/C22H22F3N5O/c1-26-19-6-5-18-17(12-27-13-28-18)20(19)29-21(31)14-7-9-30(10-8-14)16-4-2-3-15(11-16)22(23,24)25/h2-6,11-14,26H,7-10H2,1H3,(H,29,31). The summed E-state index contributed by atoms with van der Waals surface area (Å²) in [7, 11) is 1.77. The van der Waals surface area contributed by atoms with E-state index in [1.807, 2.05) is 17.0 Å². The van der Waals surface area contributed by atoms with Crippen LogP contribution in [0.2, 0.25) is 0 Å². The lowest BCUT2D eigenvalue weighted by atomic mass is 9.95. The molecule has 1 aliphatic rings. The number of anilines is 3. The second-order valence-corrected chi connectivity index (χ2v) is 7.49. The highest BCUT2D eigenvalue weighted by Crippen LogP contribution is 2.34. The molecular formula is C22H22F3N5O. The van der Waals surface area contributed by atoms with Gasteiger partial charge in [0, 0.05) is 43.3 Å². The van der Waals surface area contributed by atoms with Gasteiger partial charge in [-0.1, -0.05) is 6.07 Å². The van der Waals surface area contributed by atoms with E-state index in [4.69, 9.17) is 0 Å². The molecule has 31 heavy (non-hydrogen) atoms. The summed E-state index contributed by atoms with van der Waals surface area (Å²) in [5.41, 5.74) is 1.98. The molecule has 0 radical (unpaired) electrons. The average molecular weight is 429 g/mol. The van der Waals surface area contributed by atoms with Gasteiger partial charge in [-0.25, -0.2) is 9.97 Å². The fraction of sp³-hybridized carbons (Fsp3) is 0.318. The zero-order valence-corrected chi connectivity index (χ0v) is 16.9. The molecule has 0 spiro atoms. The highest BCUT2D eigenvalue weighted by molar-refractivity contribution is 6.06. The first kappa shape index (κ1) is 20.9. The predicted molar refractivity (Wildman–Crippen MR) is 114 cm³/mol. The largest absolute Gasteiger partial charge is 0.416 e. The molecule has 162 valence electrons. The molecular weight excluding hydrogens is 407 g/mol. The molecule has 1 aromatic heterocycles. The third kappa shape index (κ3) is 4.40. The lowest BCUT2D eigenvalue weighted by molar-refractivity contribution is -0.137. The smallest absolute Gasteiger partial charge is 0.386 e. The number of nitrogens with one attached hydrogen (secondary N) is 2. The summed E-state index contributed by atoms with van der Waals surface area (Å²) in [5, 5.41) is 6.82. The van der Waals surface area contributed by atoms with Crippen molar-refractivity contribution in [2.45, 2.75) is 19.0 Å². The van der Waals surface area contributed by atoms with Crippen molar-refractivity contribution in [1.82, 2.24) is 9.97 Å². The SMILES string of the molecule is CNc1ccc2ncncc2c1NC(=O)C1CCN(c2cccc(C(F)(F)F)c2)CC1. The Morgan fingerprint density at radius 2 is 1.94 bits per heavy atom. The highest BCUT2D eigenvalue weighted by Gasteiger charge is 2.32. The summed E-state index contributed by atoms with van der Waals surface area (Å²) in [4.78, 5) is 23.1. The van der Waals surface area contributed by atoms with Gasteiger partial charge in [0.25, 0.3) is 0 Å². The fourth-order valence-electron chi connectivity index (χ4n) is 3.90. The first-order valence-electron chi connectivity index (χ1n) is 10.0. The number of carbonyl (C=O) groups is 1. The molecule has 0 aliphatic carbocycles. The maximum Gasteiger partial charge on any atom is 0.416 e. The first-order valence-corrected chi connectivity index (χ1v) is 10.0. The van der Waals surface area contributed by atoms with Crippen LogP contribution in [0, 0.1) is 5.92 Å². The van der Waals surface area contributed by atoms with Gasteiger partial charge in [-0.3, -0.25) is 4.79 Å². The maximum atomic E-state index is 13.0. The molecule has 2 heterocycles. The number of aromatic nitrogens is 2. The number of nitrogens with zero attached hydrogens (tertiary/aromatic N) is 3. The zero-order valence-electron chi connectivity index (χ0n) is 16.9. The predicted octanol–water partition coefficient (Wildman–Crippen LogP) is 4.55. The number of hydrogen-bond donors (Lipinski definition) is 2. The molecule has 9 heteroatoms. The van der Waals surface area contributed by atoms with E-state index in [-0.39, 0.29) is 11.8 Å². The Bertz CT molecular complexity index is 1090. The van der Waals surface area contributed by atoms with Crippen molar-refractivity contribution in [2.24, 2.45) is 5.92 Å². The van der Waals surface area contributed by atoms with Crippen LogP contribution in [0.4, 0.5) is 30.2 Å². The fourth-order valence-corrected chi connectivity index (χ4v) is 3.90. The molecule has 1 amide bonds. The second-order valence-electron chi connectivity index (χ2n) is 7.49. The molecule has 4 rings (SSSR count). The Hall–Kier alpha value is -3.36. The molecule has 1 aliphatic heterocycles.